The monoisotopic (exact) mass is 466 g/mol. The van der Waals surface area contributed by atoms with Gasteiger partial charge in [0.25, 0.3) is 5.91 Å². The third kappa shape index (κ3) is 6.04. The van der Waals surface area contributed by atoms with Crippen LogP contribution >= 0.6 is 23.2 Å². The van der Waals surface area contributed by atoms with Gasteiger partial charge in [-0.15, -0.1) is 0 Å². The Balaban J connectivity index is 1.80. The molecule has 0 aromatic heterocycles. The molecule has 0 fully saturated rings. The number of methoxy groups -OCH3 is 1. The molecular weight excluding hydrogens is 447 g/mol. The van der Waals surface area contributed by atoms with Gasteiger partial charge in [-0.1, -0.05) is 53.0 Å². The van der Waals surface area contributed by atoms with Crippen molar-refractivity contribution < 1.29 is 14.3 Å². The van der Waals surface area contributed by atoms with Crippen molar-refractivity contribution in [2.75, 3.05) is 12.4 Å². The predicted octanol–water partition coefficient (Wildman–Crippen LogP) is 6.44. The van der Waals surface area contributed by atoms with Crippen LogP contribution in [-0.4, -0.2) is 13.0 Å². The van der Waals surface area contributed by atoms with Gasteiger partial charge in [0.05, 0.1) is 7.11 Å². The average Bonchev–Trinajstić information content (AvgIpc) is 2.78. The Morgan fingerprint density at radius 2 is 1.81 bits per heavy atom. The predicted molar refractivity (Wildman–Crippen MR) is 127 cm³/mol. The first-order valence-electron chi connectivity index (χ1n) is 9.64. The van der Waals surface area contributed by atoms with E-state index in [0.29, 0.717) is 32.8 Å². The molecule has 3 rings (SSSR count). The van der Waals surface area contributed by atoms with Crippen molar-refractivity contribution in [2.45, 2.75) is 13.5 Å². The molecule has 0 unspecified atom stereocenters. The molecule has 1 amide bonds. The lowest BCUT2D eigenvalue weighted by atomic mass is 10.1. The number of ether oxygens (including phenoxy) is 2. The minimum Gasteiger partial charge on any atom is -0.493 e. The Hall–Kier alpha value is -3.46. The highest BCUT2D eigenvalue weighted by atomic mass is 35.5. The number of hydrogen-bond acceptors (Lipinski definition) is 4. The summed E-state index contributed by atoms with van der Waals surface area (Å²) in [4.78, 5) is 12.5. The zero-order chi connectivity index (χ0) is 23.1. The number of nitrogens with zero attached hydrogens (tertiary/aromatic N) is 1. The summed E-state index contributed by atoms with van der Waals surface area (Å²) in [5, 5.41) is 13.2. The van der Waals surface area contributed by atoms with Gasteiger partial charge in [0.15, 0.2) is 11.5 Å². The van der Waals surface area contributed by atoms with E-state index < -0.39 is 5.91 Å². The number of nitrogens with one attached hydrogen (secondary N) is 1. The second kappa shape index (κ2) is 10.7. The van der Waals surface area contributed by atoms with E-state index in [1.54, 1.807) is 48.5 Å². The Kier molecular flexibility index (Phi) is 7.77. The molecule has 0 aliphatic rings. The van der Waals surface area contributed by atoms with Gasteiger partial charge in [-0.05, 0) is 55.0 Å². The number of halogens is 2. The van der Waals surface area contributed by atoms with Crippen LogP contribution < -0.4 is 14.8 Å². The number of anilines is 1. The quantitative estimate of drug-likeness (QED) is 0.321. The molecule has 0 aliphatic carbocycles. The van der Waals surface area contributed by atoms with Crippen LogP contribution in [0.3, 0.4) is 0 Å². The normalized spacial score (nSPS) is 10.9. The fourth-order valence-corrected chi connectivity index (χ4v) is 3.30. The summed E-state index contributed by atoms with van der Waals surface area (Å²) < 4.78 is 11.3. The first-order chi connectivity index (χ1) is 15.4. The van der Waals surface area contributed by atoms with Crippen molar-refractivity contribution in [1.82, 2.24) is 0 Å². The lowest BCUT2D eigenvalue weighted by molar-refractivity contribution is -0.112. The fourth-order valence-electron chi connectivity index (χ4n) is 2.84. The van der Waals surface area contributed by atoms with Crippen LogP contribution in [0.5, 0.6) is 11.5 Å². The third-order valence-corrected chi connectivity index (χ3v) is 5.16. The Morgan fingerprint density at radius 1 is 1.06 bits per heavy atom. The van der Waals surface area contributed by atoms with Crippen molar-refractivity contribution in [3.8, 4) is 17.6 Å². The van der Waals surface area contributed by atoms with Crippen molar-refractivity contribution in [3.05, 3.63) is 93.0 Å². The topological polar surface area (TPSA) is 71.3 Å². The molecule has 0 saturated carbocycles. The second-order valence-electron chi connectivity index (χ2n) is 6.92. The molecule has 0 radical (unpaired) electrons. The summed E-state index contributed by atoms with van der Waals surface area (Å²) >= 11 is 12.2. The number of amides is 1. The maximum Gasteiger partial charge on any atom is 0.266 e. The highest BCUT2D eigenvalue weighted by Gasteiger charge is 2.12. The van der Waals surface area contributed by atoms with Gasteiger partial charge in [-0.25, -0.2) is 0 Å². The van der Waals surface area contributed by atoms with Crippen LogP contribution in [0.1, 0.15) is 16.7 Å². The van der Waals surface area contributed by atoms with Gasteiger partial charge in [-0.3, -0.25) is 4.79 Å². The zero-order valence-corrected chi connectivity index (χ0v) is 19.0. The summed E-state index contributed by atoms with van der Waals surface area (Å²) in [5.74, 6) is 0.459. The van der Waals surface area contributed by atoms with Crippen molar-refractivity contribution >= 4 is 40.9 Å². The molecule has 0 heterocycles. The summed E-state index contributed by atoms with van der Waals surface area (Å²) in [6, 6.07) is 19.6. The van der Waals surface area contributed by atoms with Crippen LogP contribution in [0.15, 0.2) is 66.2 Å². The molecule has 3 aromatic carbocycles. The van der Waals surface area contributed by atoms with Crippen LogP contribution in [0, 0.1) is 18.3 Å². The summed E-state index contributed by atoms with van der Waals surface area (Å²) in [5.41, 5.74) is 3.01. The van der Waals surface area contributed by atoms with Crippen molar-refractivity contribution in [2.24, 2.45) is 0 Å². The minimum absolute atomic E-state index is 0.0394. The van der Waals surface area contributed by atoms with Gasteiger partial charge in [0.2, 0.25) is 0 Å². The van der Waals surface area contributed by atoms with Crippen LogP contribution in [0.25, 0.3) is 6.08 Å². The van der Waals surface area contributed by atoms with Crippen LogP contribution in [-0.2, 0) is 11.4 Å². The van der Waals surface area contributed by atoms with Gasteiger partial charge >= 0.3 is 0 Å². The van der Waals surface area contributed by atoms with E-state index >= 15 is 0 Å². The molecular formula is C25H20Cl2N2O3. The number of nitriles is 1. The average molecular weight is 467 g/mol. The first kappa shape index (κ1) is 23.2. The van der Waals surface area contributed by atoms with E-state index in [1.807, 2.05) is 25.1 Å². The maximum absolute atomic E-state index is 12.5. The molecule has 0 bridgehead atoms. The maximum atomic E-state index is 12.5. The number of hydrogen-bond donors (Lipinski definition) is 1. The first-order valence-corrected chi connectivity index (χ1v) is 10.4. The largest absolute Gasteiger partial charge is 0.493 e. The fraction of sp³-hybridized carbons (Fsp3) is 0.120. The van der Waals surface area contributed by atoms with E-state index in [0.717, 1.165) is 11.1 Å². The van der Waals surface area contributed by atoms with Gasteiger partial charge < -0.3 is 14.8 Å². The van der Waals surface area contributed by atoms with Crippen LogP contribution in [0.4, 0.5) is 5.69 Å². The number of aryl methyl sites for hydroxylation is 1. The molecule has 1 N–H and O–H groups in total. The standard InChI is InChI=1S/C25H20Cl2N2O3/c1-16-3-8-21(9-4-16)29-25(30)19(14-28)11-17-5-10-23(31-2)24(12-17)32-15-18-6-7-20(26)13-22(18)27/h3-13H,15H2,1-2H3,(H,29,30)/b19-11+. The van der Waals surface area contributed by atoms with Gasteiger partial charge in [-0.2, -0.15) is 5.26 Å². The summed E-state index contributed by atoms with van der Waals surface area (Å²) in [6.07, 6.45) is 1.49. The highest BCUT2D eigenvalue weighted by molar-refractivity contribution is 6.35. The Labute approximate surface area is 196 Å². The van der Waals surface area contributed by atoms with E-state index in [-0.39, 0.29) is 12.2 Å². The third-order valence-electron chi connectivity index (χ3n) is 4.57. The summed E-state index contributed by atoms with van der Waals surface area (Å²) in [6.45, 7) is 2.15. The van der Waals surface area contributed by atoms with Gasteiger partial charge in [0.1, 0.15) is 18.2 Å². The Morgan fingerprint density at radius 3 is 2.47 bits per heavy atom. The van der Waals surface area contributed by atoms with E-state index in [9.17, 15) is 10.1 Å². The molecule has 0 spiro atoms. The molecule has 0 aliphatic heterocycles. The van der Waals surface area contributed by atoms with Crippen molar-refractivity contribution in [1.29, 1.82) is 5.26 Å². The molecule has 162 valence electrons. The molecule has 32 heavy (non-hydrogen) atoms. The number of rotatable bonds is 7. The molecule has 7 heteroatoms. The van der Waals surface area contributed by atoms with Gasteiger partial charge in [0, 0.05) is 21.3 Å². The minimum atomic E-state index is -0.498. The van der Waals surface area contributed by atoms with Crippen LogP contribution in [0.2, 0.25) is 10.0 Å². The molecule has 3 aromatic rings. The molecule has 5 nitrogen and oxygen atoms in total. The van der Waals surface area contributed by atoms with Crippen molar-refractivity contribution in [3.63, 3.8) is 0 Å². The van der Waals surface area contributed by atoms with E-state index in [2.05, 4.69) is 5.32 Å². The highest BCUT2D eigenvalue weighted by Crippen LogP contribution is 2.31. The lowest BCUT2D eigenvalue weighted by Gasteiger charge is -2.12. The van der Waals surface area contributed by atoms with E-state index in [1.165, 1.54) is 13.2 Å². The number of benzene rings is 3. The SMILES string of the molecule is COc1ccc(/C=C(\C#N)C(=O)Nc2ccc(C)cc2)cc1OCc1ccc(Cl)cc1Cl. The second-order valence-corrected chi connectivity index (χ2v) is 7.77. The zero-order valence-electron chi connectivity index (χ0n) is 17.5. The van der Waals surface area contributed by atoms with E-state index in [4.69, 9.17) is 32.7 Å². The Bertz CT molecular complexity index is 1200. The molecule has 0 atom stereocenters. The summed E-state index contributed by atoms with van der Waals surface area (Å²) in [7, 11) is 1.53. The smallest absolute Gasteiger partial charge is 0.266 e. The lowest BCUT2D eigenvalue weighted by Crippen LogP contribution is -2.13. The molecule has 0 saturated heterocycles. The number of carbonyl (C=O) groups is 1. The number of carbonyl (C=O) groups excluding carboxylic acids is 1.